The van der Waals surface area contributed by atoms with Gasteiger partial charge in [-0.25, -0.2) is 4.39 Å². The van der Waals surface area contributed by atoms with Gasteiger partial charge in [0, 0.05) is 68.1 Å². The number of piperidine rings is 1. The van der Waals surface area contributed by atoms with E-state index in [1.54, 1.807) is 24.7 Å². The van der Waals surface area contributed by atoms with Crippen molar-refractivity contribution in [2.75, 3.05) is 31.1 Å². The molecule has 2 aliphatic heterocycles. The normalized spacial score (nSPS) is 28.4. The highest BCUT2D eigenvalue weighted by atomic mass is 35.5. The maximum absolute atomic E-state index is 14.0. The first-order valence-electron chi connectivity index (χ1n) is 12.2. The van der Waals surface area contributed by atoms with Crippen molar-refractivity contribution in [1.82, 2.24) is 19.9 Å². The summed E-state index contributed by atoms with van der Waals surface area (Å²) in [6.07, 6.45) is 6.05. The van der Waals surface area contributed by atoms with Crippen molar-refractivity contribution in [3.8, 4) is 0 Å². The number of aliphatic hydroxyl groups is 1. The number of rotatable bonds is 4. The largest absolute Gasteiger partial charge is 0.383 e. The van der Waals surface area contributed by atoms with Crippen molar-refractivity contribution in [1.29, 1.82) is 0 Å². The Balaban J connectivity index is 1.41. The molecule has 0 aromatic carbocycles. The fraction of sp³-hybridized carbons (Fsp3) is 0.407. The number of likely N-dealkylation sites (tertiary alicyclic amines) is 1. The molecule has 3 aromatic heterocycles. The molecule has 7 nitrogen and oxygen atoms in total. The minimum Gasteiger partial charge on any atom is -0.383 e. The predicted octanol–water partition coefficient (Wildman–Crippen LogP) is 3.89. The minimum absolute atomic E-state index is 0.00498. The van der Waals surface area contributed by atoms with Crippen LogP contribution in [0.2, 0.25) is 5.02 Å². The smallest absolute Gasteiger partial charge is 0.228 e. The van der Waals surface area contributed by atoms with E-state index in [1.165, 1.54) is 12.3 Å². The number of halogens is 2. The Kier molecular flexibility index (Phi) is 6.66. The van der Waals surface area contributed by atoms with Gasteiger partial charge in [-0.3, -0.25) is 19.7 Å². The van der Waals surface area contributed by atoms with Crippen LogP contribution in [0.5, 0.6) is 0 Å². The minimum atomic E-state index is -1.12. The Morgan fingerprint density at radius 3 is 2.47 bits per heavy atom. The van der Waals surface area contributed by atoms with Crippen LogP contribution in [0.3, 0.4) is 0 Å². The van der Waals surface area contributed by atoms with Gasteiger partial charge in [-0.15, -0.1) is 0 Å². The van der Waals surface area contributed by atoms with E-state index in [0.717, 1.165) is 5.69 Å². The number of pyridine rings is 3. The lowest BCUT2D eigenvalue weighted by molar-refractivity contribution is -0.153. The van der Waals surface area contributed by atoms with Gasteiger partial charge in [-0.2, -0.15) is 0 Å². The summed E-state index contributed by atoms with van der Waals surface area (Å²) in [5.74, 6) is -1.42. The zero-order chi connectivity index (χ0) is 25.4. The van der Waals surface area contributed by atoms with Gasteiger partial charge in [-0.1, -0.05) is 31.5 Å². The van der Waals surface area contributed by atoms with Gasteiger partial charge in [0.15, 0.2) is 0 Å². The zero-order valence-electron chi connectivity index (χ0n) is 20.3. The number of nitrogens with zero attached hydrogens (tertiary/aromatic N) is 5. The molecule has 2 saturated heterocycles. The summed E-state index contributed by atoms with van der Waals surface area (Å²) in [7, 11) is 0. The van der Waals surface area contributed by atoms with Crippen molar-refractivity contribution in [3.63, 3.8) is 0 Å². The van der Waals surface area contributed by atoms with Gasteiger partial charge in [0.1, 0.15) is 11.4 Å². The van der Waals surface area contributed by atoms with Gasteiger partial charge >= 0.3 is 0 Å². The van der Waals surface area contributed by atoms with Crippen LogP contribution < -0.4 is 4.90 Å². The molecule has 0 bridgehead atoms. The molecule has 5 heterocycles. The number of hydrogen-bond acceptors (Lipinski definition) is 6. The van der Waals surface area contributed by atoms with Crippen LogP contribution in [0.1, 0.15) is 31.2 Å². The van der Waals surface area contributed by atoms with Crippen LogP contribution in [0.4, 0.5) is 10.1 Å². The van der Waals surface area contributed by atoms with Crippen LogP contribution in [0.25, 0.3) is 0 Å². The molecule has 0 unspecified atom stereocenters. The summed E-state index contributed by atoms with van der Waals surface area (Å²) in [6.45, 7) is 5.67. The van der Waals surface area contributed by atoms with E-state index >= 15 is 0 Å². The Morgan fingerprint density at radius 1 is 1.06 bits per heavy atom. The number of anilines is 1. The average molecular weight is 510 g/mol. The molecule has 0 aliphatic carbocycles. The first-order valence-corrected chi connectivity index (χ1v) is 12.5. The van der Waals surface area contributed by atoms with Crippen LogP contribution in [-0.4, -0.2) is 57.0 Å². The van der Waals surface area contributed by atoms with Gasteiger partial charge in [0.2, 0.25) is 5.91 Å². The lowest BCUT2D eigenvalue weighted by atomic mass is 9.72. The third-order valence-electron chi connectivity index (χ3n) is 7.70. The summed E-state index contributed by atoms with van der Waals surface area (Å²) in [6, 6.07) is 10.6. The van der Waals surface area contributed by atoms with Crippen LogP contribution >= 0.6 is 11.6 Å². The quantitative estimate of drug-likeness (QED) is 0.574. The number of carbonyl (C=O) groups is 1. The second kappa shape index (κ2) is 9.75. The van der Waals surface area contributed by atoms with E-state index in [1.807, 2.05) is 47.9 Å². The lowest BCUT2D eigenvalue weighted by Gasteiger charge is -2.48. The fourth-order valence-corrected chi connectivity index (χ4v) is 5.88. The van der Waals surface area contributed by atoms with Crippen molar-refractivity contribution in [2.45, 2.75) is 25.4 Å². The molecule has 2 fully saturated rings. The number of aromatic nitrogens is 3. The Labute approximate surface area is 215 Å². The van der Waals surface area contributed by atoms with E-state index in [-0.39, 0.29) is 29.6 Å². The summed E-state index contributed by atoms with van der Waals surface area (Å²) in [4.78, 5) is 30.7. The molecule has 0 saturated carbocycles. The molecule has 2 aliphatic rings. The van der Waals surface area contributed by atoms with Gasteiger partial charge < -0.3 is 14.9 Å². The first-order chi connectivity index (χ1) is 17.3. The third-order valence-corrected chi connectivity index (χ3v) is 7.92. The Bertz CT molecular complexity index is 1220. The Hall–Kier alpha value is -3.10. The van der Waals surface area contributed by atoms with Crippen molar-refractivity contribution >= 4 is 23.2 Å². The topological polar surface area (TPSA) is 82.5 Å². The number of carbonyl (C=O) groups excluding carboxylic acids is 1. The lowest BCUT2D eigenvalue weighted by Crippen LogP contribution is -2.57. The fourth-order valence-electron chi connectivity index (χ4n) is 5.76. The van der Waals surface area contributed by atoms with E-state index in [9.17, 15) is 14.3 Å². The molecule has 5 atom stereocenters. The standard InChI is InChI=1S/C27H29ClFN5O2/c1-17-13-34(14-18(2)27(17,36)25-5-3-4-8-31-25)26(35)23-16-33(21-9-20(29)11-30-12-21)15-22(23)24-7-6-19(28)10-32-24/h3-12,17-18,22-23,36H,13-16H2,1-2H3/t17-,18+,22-,23-,27+/m1/s1. The van der Waals surface area contributed by atoms with Gasteiger partial charge in [0.05, 0.1) is 34.7 Å². The Morgan fingerprint density at radius 2 is 1.83 bits per heavy atom. The van der Waals surface area contributed by atoms with E-state index in [4.69, 9.17) is 11.6 Å². The highest BCUT2D eigenvalue weighted by Crippen LogP contribution is 2.42. The van der Waals surface area contributed by atoms with Gasteiger partial charge in [-0.05, 0) is 24.3 Å². The molecule has 36 heavy (non-hydrogen) atoms. The molecule has 9 heteroatoms. The van der Waals surface area contributed by atoms with Crippen molar-refractivity contribution < 1.29 is 14.3 Å². The van der Waals surface area contributed by atoms with Crippen LogP contribution in [0, 0.1) is 23.6 Å². The predicted molar refractivity (Wildman–Crippen MR) is 135 cm³/mol. The molecule has 1 amide bonds. The summed E-state index contributed by atoms with van der Waals surface area (Å²) in [5, 5.41) is 12.2. The van der Waals surface area contributed by atoms with E-state index in [0.29, 0.717) is 42.6 Å². The molecule has 3 aromatic rings. The average Bonchev–Trinajstić information content (AvgIpc) is 3.33. The van der Waals surface area contributed by atoms with E-state index < -0.39 is 11.4 Å². The highest BCUT2D eigenvalue weighted by Gasteiger charge is 2.50. The highest BCUT2D eigenvalue weighted by molar-refractivity contribution is 6.30. The maximum atomic E-state index is 14.0. The molecule has 0 spiro atoms. The summed E-state index contributed by atoms with van der Waals surface area (Å²) >= 11 is 6.06. The van der Waals surface area contributed by atoms with Crippen LogP contribution in [-0.2, 0) is 10.4 Å². The second-order valence-electron chi connectivity index (χ2n) is 9.97. The zero-order valence-corrected chi connectivity index (χ0v) is 21.0. The molecular weight excluding hydrogens is 481 g/mol. The summed E-state index contributed by atoms with van der Waals surface area (Å²) < 4.78 is 13.9. The molecule has 5 rings (SSSR count). The maximum Gasteiger partial charge on any atom is 0.228 e. The summed E-state index contributed by atoms with van der Waals surface area (Å²) in [5.41, 5.74) is 0.914. The molecular formula is C27H29ClFN5O2. The second-order valence-corrected chi connectivity index (χ2v) is 10.4. The molecule has 0 radical (unpaired) electrons. The first kappa shape index (κ1) is 24.6. The SMILES string of the molecule is C[C@@H]1CN(C(=O)[C@@H]2CN(c3cncc(F)c3)C[C@H]2c2ccc(Cl)cn2)C[C@H](C)[C@]1(O)c1ccccn1. The van der Waals surface area contributed by atoms with E-state index in [2.05, 4.69) is 15.0 Å². The van der Waals surface area contributed by atoms with Gasteiger partial charge in [0.25, 0.3) is 0 Å². The van der Waals surface area contributed by atoms with Crippen molar-refractivity contribution in [2.24, 2.45) is 17.8 Å². The number of amides is 1. The monoisotopic (exact) mass is 509 g/mol. The van der Waals surface area contributed by atoms with Crippen molar-refractivity contribution in [3.05, 3.63) is 83.4 Å². The third kappa shape index (κ3) is 4.44. The molecule has 188 valence electrons. The van der Waals surface area contributed by atoms with Crippen LogP contribution in [0.15, 0.2) is 61.2 Å². The number of hydrogen-bond donors (Lipinski definition) is 1. The molecule has 1 N–H and O–H groups in total.